The second-order valence-electron chi connectivity index (χ2n) is 7.60. The molecule has 0 saturated heterocycles. The second-order valence-corrected chi connectivity index (χ2v) is 7.60. The number of fused-ring (bicyclic) bond motifs is 1. The molecule has 148 valence electrons. The van der Waals surface area contributed by atoms with E-state index >= 15 is 0 Å². The van der Waals surface area contributed by atoms with Crippen LogP contribution in [0.5, 0.6) is 5.75 Å². The Morgan fingerprint density at radius 3 is 2.66 bits per heavy atom. The Hall–Kier alpha value is -3.34. The maximum atomic E-state index is 12.8. The number of ether oxygens (including phenoxy) is 1. The number of rotatable bonds is 5. The van der Waals surface area contributed by atoms with Gasteiger partial charge in [-0.25, -0.2) is 4.98 Å². The van der Waals surface area contributed by atoms with Crippen molar-refractivity contribution in [3.8, 4) is 5.75 Å². The fourth-order valence-corrected chi connectivity index (χ4v) is 3.70. The molecule has 0 aliphatic carbocycles. The van der Waals surface area contributed by atoms with E-state index in [-0.39, 0.29) is 12.0 Å². The van der Waals surface area contributed by atoms with Gasteiger partial charge in [0.05, 0.1) is 6.10 Å². The summed E-state index contributed by atoms with van der Waals surface area (Å²) in [6, 6.07) is 19.6. The number of hydrogen-bond acceptors (Lipinski definition) is 4. The molecule has 3 aromatic rings. The molecule has 5 nitrogen and oxygen atoms in total. The summed E-state index contributed by atoms with van der Waals surface area (Å²) in [5.41, 5.74) is 3.77. The fraction of sp³-hybridized carbons (Fsp3) is 0.250. The third-order valence-corrected chi connectivity index (χ3v) is 4.95. The molecule has 4 rings (SSSR count). The van der Waals surface area contributed by atoms with E-state index in [1.807, 2.05) is 50.2 Å². The summed E-state index contributed by atoms with van der Waals surface area (Å²) < 4.78 is 5.64. The Morgan fingerprint density at radius 1 is 1.14 bits per heavy atom. The number of nitrogens with zero attached hydrogens (tertiary/aromatic N) is 2. The van der Waals surface area contributed by atoms with E-state index in [1.165, 1.54) is 5.56 Å². The summed E-state index contributed by atoms with van der Waals surface area (Å²) in [7, 11) is 0. The van der Waals surface area contributed by atoms with Crippen LogP contribution in [0, 0.1) is 0 Å². The van der Waals surface area contributed by atoms with Crippen LogP contribution in [0.15, 0.2) is 66.9 Å². The Morgan fingerprint density at radius 2 is 1.90 bits per heavy atom. The summed E-state index contributed by atoms with van der Waals surface area (Å²) in [5, 5.41) is 2.95. The van der Waals surface area contributed by atoms with Crippen molar-refractivity contribution >= 4 is 23.1 Å². The van der Waals surface area contributed by atoms with Gasteiger partial charge in [-0.3, -0.25) is 4.79 Å². The van der Waals surface area contributed by atoms with E-state index in [0.29, 0.717) is 11.6 Å². The number of carbonyl (C=O) groups is 1. The minimum absolute atomic E-state index is 0.115. The molecule has 0 fully saturated rings. The predicted molar refractivity (Wildman–Crippen MR) is 116 cm³/mol. The van der Waals surface area contributed by atoms with Crippen LogP contribution in [-0.4, -0.2) is 23.0 Å². The lowest BCUT2D eigenvalue weighted by atomic mass is 10.1. The molecule has 1 atom stereocenters. The molecule has 1 aromatic heterocycles. The third-order valence-electron chi connectivity index (χ3n) is 4.95. The number of hydrogen-bond donors (Lipinski definition) is 1. The zero-order valence-electron chi connectivity index (χ0n) is 16.9. The van der Waals surface area contributed by atoms with Gasteiger partial charge in [-0.2, -0.15) is 0 Å². The van der Waals surface area contributed by atoms with E-state index < -0.39 is 0 Å². The van der Waals surface area contributed by atoms with Crippen LogP contribution < -0.4 is 15.0 Å². The molecule has 5 heteroatoms. The molecule has 0 spiro atoms. The molecule has 0 bridgehead atoms. The van der Waals surface area contributed by atoms with Gasteiger partial charge in [0.1, 0.15) is 11.6 Å². The molecule has 0 saturated carbocycles. The fourth-order valence-electron chi connectivity index (χ4n) is 3.70. The zero-order chi connectivity index (χ0) is 20.4. The number of aromatic nitrogens is 1. The van der Waals surface area contributed by atoms with Crippen LogP contribution >= 0.6 is 0 Å². The lowest BCUT2D eigenvalue weighted by Crippen LogP contribution is -2.25. The number of benzene rings is 2. The van der Waals surface area contributed by atoms with E-state index in [9.17, 15) is 4.79 Å². The van der Waals surface area contributed by atoms with Crippen molar-refractivity contribution < 1.29 is 9.53 Å². The molecular formula is C24H25N3O2. The lowest BCUT2D eigenvalue weighted by molar-refractivity contribution is 0.102. The van der Waals surface area contributed by atoms with Crippen molar-refractivity contribution in [3.63, 3.8) is 0 Å². The first-order chi connectivity index (χ1) is 14.0. The number of nitrogens with one attached hydrogen (secondary N) is 1. The van der Waals surface area contributed by atoms with E-state index in [0.717, 1.165) is 29.4 Å². The van der Waals surface area contributed by atoms with Crippen LogP contribution in [0.25, 0.3) is 0 Å². The predicted octanol–water partition coefficient (Wildman–Crippen LogP) is 5.20. The lowest BCUT2D eigenvalue weighted by Gasteiger charge is -2.24. The number of pyridine rings is 1. The Labute approximate surface area is 171 Å². The van der Waals surface area contributed by atoms with Gasteiger partial charge in [-0.1, -0.05) is 18.2 Å². The van der Waals surface area contributed by atoms with Crippen molar-refractivity contribution in [1.29, 1.82) is 0 Å². The highest BCUT2D eigenvalue weighted by molar-refractivity contribution is 6.04. The average molecular weight is 387 g/mol. The normalized spacial score (nSPS) is 15.3. The molecule has 1 N–H and O–H groups in total. The average Bonchev–Trinajstić information content (AvgIpc) is 3.05. The standard InChI is InChI=1S/C24H25N3O2/c1-16(2)29-21-10-8-20(9-11-21)26-24(28)19-12-13-25-23(15-19)27-17(3)14-18-6-4-5-7-22(18)27/h4-13,15-17H,14H2,1-3H3,(H,26,28). The van der Waals surface area contributed by atoms with Crippen molar-refractivity contribution in [2.75, 3.05) is 10.2 Å². The largest absolute Gasteiger partial charge is 0.491 e. The highest BCUT2D eigenvalue weighted by Crippen LogP contribution is 2.37. The SMILES string of the molecule is CC(C)Oc1ccc(NC(=O)c2ccnc(N3c4ccccc4CC3C)c2)cc1. The van der Waals surface area contributed by atoms with Crippen LogP contribution in [0.4, 0.5) is 17.2 Å². The first-order valence-electron chi connectivity index (χ1n) is 9.92. The van der Waals surface area contributed by atoms with Gasteiger partial charge >= 0.3 is 0 Å². The van der Waals surface area contributed by atoms with Crippen molar-refractivity contribution in [3.05, 3.63) is 78.0 Å². The summed E-state index contributed by atoms with van der Waals surface area (Å²) in [4.78, 5) is 19.5. The van der Waals surface area contributed by atoms with E-state index in [2.05, 4.69) is 40.3 Å². The van der Waals surface area contributed by atoms with Gasteiger partial charge < -0.3 is 15.0 Å². The molecule has 1 aliphatic rings. The highest BCUT2D eigenvalue weighted by atomic mass is 16.5. The Balaban J connectivity index is 1.52. The molecule has 1 aliphatic heterocycles. The number of carbonyl (C=O) groups excluding carboxylic acids is 1. The summed E-state index contributed by atoms with van der Waals surface area (Å²) in [5.74, 6) is 1.41. The molecule has 1 unspecified atom stereocenters. The van der Waals surface area contributed by atoms with Gasteiger partial charge in [0.25, 0.3) is 5.91 Å². The molecule has 2 heterocycles. The zero-order valence-corrected chi connectivity index (χ0v) is 16.9. The molecule has 0 radical (unpaired) electrons. The molecule has 2 aromatic carbocycles. The van der Waals surface area contributed by atoms with Gasteiger partial charge in [0, 0.05) is 29.2 Å². The smallest absolute Gasteiger partial charge is 0.255 e. The number of anilines is 3. The number of amides is 1. The Bertz CT molecular complexity index is 1010. The quantitative estimate of drug-likeness (QED) is 0.653. The molecular weight excluding hydrogens is 362 g/mol. The van der Waals surface area contributed by atoms with E-state index in [4.69, 9.17) is 4.74 Å². The van der Waals surface area contributed by atoms with Gasteiger partial charge in [0.15, 0.2) is 0 Å². The second kappa shape index (κ2) is 7.95. The van der Waals surface area contributed by atoms with Crippen molar-refractivity contribution in [1.82, 2.24) is 4.98 Å². The maximum Gasteiger partial charge on any atom is 0.255 e. The van der Waals surface area contributed by atoms with Gasteiger partial charge in [0.2, 0.25) is 0 Å². The van der Waals surface area contributed by atoms with Crippen molar-refractivity contribution in [2.24, 2.45) is 0 Å². The molecule has 1 amide bonds. The Kier molecular flexibility index (Phi) is 5.21. The summed E-state index contributed by atoms with van der Waals surface area (Å²) in [6.07, 6.45) is 2.78. The summed E-state index contributed by atoms with van der Waals surface area (Å²) in [6.45, 7) is 6.14. The van der Waals surface area contributed by atoms with Crippen LogP contribution in [0.3, 0.4) is 0 Å². The summed E-state index contributed by atoms with van der Waals surface area (Å²) >= 11 is 0. The number of para-hydroxylation sites is 1. The van der Waals surface area contributed by atoms with Gasteiger partial charge in [-0.15, -0.1) is 0 Å². The van der Waals surface area contributed by atoms with Crippen LogP contribution in [0.2, 0.25) is 0 Å². The first-order valence-corrected chi connectivity index (χ1v) is 9.92. The molecule has 29 heavy (non-hydrogen) atoms. The van der Waals surface area contributed by atoms with Crippen LogP contribution in [-0.2, 0) is 6.42 Å². The minimum Gasteiger partial charge on any atom is -0.491 e. The van der Waals surface area contributed by atoms with Gasteiger partial charge in [-0.05, 0) is 75.2 Å². The van der Waals surface area contributed by atoms with Crippen LogP contribution in [0.1, 0.15) is 36.7 Å². The van der Waals surface area contributed by atoms with Crippen molar-refractivity contribution in [2.45, 2.75) is 39.3 Å². The first kappa shape index (κ1) is 19.0. The third kappa shape index (κ3) is 4.09. The topological polar surface area (TPSA) is 54.5 Å². The maximum absolute atomic E-state index is 12.8. The monoisotopic (exact) mass is 387 g/mol. The highest BCUT2D eigenvalue weighted by Gasteiger charge is 2.28. The minimum atomic E-state index is -0.161. The van der Waals surface area contributed by atoms with E-state index in [1.54, 1.807) is 12.3 Å².